The fourth-order valence-electron chi connectivity index (χ4n) is 3.58. The van der Waals surface area contributed by atoms with Crippen molar-refractivity contribution in [1.29, 1.82) is 0 Å². The SMILES string of the molecule is CCNC1CCN(C(=O)c2cccc(CN3CCOCC3)c2)CC1. The van der Waals surface area contributed by atoms with Gasteiger partial charge in [-0.15, -0.1) is 0 Å². The number of morpholine rings is 1. The molecule has 0 aromatic heterocycles. The van der Waals surface area contributed by atoms with Gasteiger partial charge in [0.15, 0.2) is 0 Å². The summed E-state index contributed by atoms with van der Waals surface area (Å²) < 4.78 is 5.40. The van der Waals surface area contributed by atoms with Crippen molar-refractivity contribution in [3.63, 3.8) is 0 Å². The lowest BCUT2D eigenvalue weighted by atomic mass is 10.0. The molecule has 3 rings (SSSR count). The van der Waals surface area contributed by atoms with Gasteiger partial charge in [-0.1, -0.05) is 19.1 Å². The number of rotatable bonds is 5. The van der Waals surface area contributed by atoms with Gasteiger partial charge < -0.3 is 15.0 Å². The minimum absolute atomic E-state index is 0.175. The van der Waals surface area contributed by atoms with E-state index >= 15 is 0 Å². The zero-order chi connectivity index (χ0) is 16.8. The van der Waals surface area contributed by atoms with Gasteiger partial charge in [-0.25, -0.2) is 0 Å². The molecule has 1 aromatic carbocycles. The summed E-state index contributed by atoms with van der Waals surface area (Å²) in [4.78, 5) is 17.2. The van der Waals surface area contributed by atoms with Crippen molar-refractivity contribution in [3.05, 3.63) is 35.4 Å². The minimum atomic E-state index is 0.175. The number of carbonyl (C=O) groups is 1. The van der Waals surface area contributed by atoms with Gasteiger partial charge in [0.1, 0.15) is 0 Å². The Morgan fingerprint density at radius 2 is 1.96 bits per heavy atom. The van der Waals surface area contributed by atoms with Gasteiger partial charge in [0, 0.05) is 44.3 Å². The van der Waals surface area contributed by atoms with E-state index < -0.39 is 0 Å². The van der Waals surface area contributed by atoms with E-state index in [0.29, 0.717) is 6.04 Å². The molecule has 0 unspecified atom stereocenters. The first-order chi connectivity index (χ1) is 11.8. The Morgan fingerprint density at radius 3 is 2.67 bits per heavy atom. The first-order valence-electron chi connectivity index (χ1n) is 9.18. The van der Waals surface area contributed by atoms with E-state index in [9.17, 15) is 4.79 Å². The topological polar surface area (TPSA) is 44.8 Å². The normalized spacial score (nSPS) is 20.3. The lowest BCUT2D eigenvalue weighted by Gasteiger charge is -2.32. The Labute approximate surface area is 145 Å². The molecular formula is C19H29N3O2. The zero-order valence-corrected chi connectivity index (χ0v) is 14.7. The van der Waals surface area contributed by atoms with Crippen molar-refractivity contribution in [3.8, 4) is 0 Å². The summed E-state index contributed by atoms with van der Waals surface area (Å²) >= 11 is 0. The first kappa shape index (κ1) is 17.4. The predicted octanol–water partition coefficient (Wildman–Crippen LogP) is 1.73. The number of benzene rings is 1. The number of amides is 1. The summed E-state index contributed by atoms with van der Waals surface area (Å²) in [6.45, 7) is 9.28. The van der Waals surface area contributed by atoms with Crippen molar-refractivity contribution in [1.82, 2.24) is 15.1 Å². The highest BCUT2D eigenvalue weighted by Gasteiger charge is 2.23. The van der Waals surface area contributed by atoms with Crippen LogP contribution in [0.2, 0.25) is 0 Å². The number of piperidine rings is 1. The maximum atomic E-state index is 12.8. The third-order valence-corrected chi connectivity index (χ3v) is 4.96. The molecule has 0 spiro atoms. The lowest BCUT2D eigenvalue weighted by Crippen LogP contribution is -2.44. The van der Waals surface area contributed by atoms with Crippen molar-refractivity contribution < 1.29 is 9.53 Å². The fraction of sp³-hybridized carbons (Fsp3) is 0.632. The average molecular weight is 331 g/mol. The molecule has 2 heterocycles. The quantitative estimate of drug-likeness (QED) is 0.893. The van der Waals surface area contributed by atoms with Gasteiger partial charge >= 0.3 is 0 Å². The van der Waals surface area contributed by atoms with Crippen LogP contribution in [-0.2, 0) is 11.3 Å². The van der Waals surface area contributed by atoms with Crippen molar-refractivity contribution in [2.24, 2.45) is 0 Å². The number of nitrogens with one attached hydrogen (secondary N) is 1. The van der Waals surface area contributed by atoms with Crippen LogP contribution in [-0.4, -0.2) is 67.7 Å². The van der Waals surface area contributed by atoms with Crippen LogP contribution in [0.25, 0.3) is 0 Å². The highest BCUT2D eigenvalue weighted by molar-refractivity contribution is 5.94. The smallest absolute Gasteiger partial charge is 0.253 e. The summed E-state index contributed by atoms with van der Waals surface area (Å²) in [5.74, 6) is 0.175. The van der Waals surface area contributed by atoms with E-state index in [1.54, 1.807) is 0 Å². The van der Waals surface area contributed by atoms with E-state index in [1.165, 1.54) is 5.56 Å². The Hall–Kier alpha value is -1.43. The van der Waals surface area contributed by atoms with E-state index in [0.717, 1.165) is 70.9 Å². The number of hydrogen-bond acceptors (Lipinski definition) is 4. The second-order valence-electron chi connectivity index (χ2n) is 6.71. The van der Waals surface area contributed by atoms with Crippen LogP contribution in [0.4, 0.5) is 0 Å². The lowest BCUT2D eigenvalue weighted by molar-refractivity contribution is 0.0341. The molecule has 0 saturated carbocycles. The van der Waals surface area contributed by atoms with Crippen LogP contribution < -0.4 is 5.32 Å². The molecule has 2 fully saturated rings. The molecule has 5 heteroatoms. The van der Waals surface area contributed by atoms with Crippen LogP contribution in [0.5, 0.6) is 0 Å². The molecule has 1 aromatic rings. The molecule has 0 bridgehead atoms. The van der Waals surface area contributed by atoms with Gasteiger partial charge in [0.05, 0.1) is 13.2 Å². The molecule has 5 nitrogen and oxygen atoms in total. The number of hydrogen-bond donors (Lipinski definition) is 1. The molecule has 0 atom stereocenters. The van der Waals surface area contributed by atoms with E-state index in [1.807, 2.05) is 17.0 Å². The number of ether oxygens (including phenoxy) is 1. The van der Waals surface area contributed by atoms with Crippen molar-refractivity contribution in [2.45, 2.75) is 32.4 Å². The molecule has 2 saturated heterocycles. The van der Waals surface area contributed by atoms with Crippen LogP contribution in [0.3, 0.4) is 0 Å². The second-order valence-corrected chi connectivity index (χ2v) is 6.71. The third-order valence-electron chi connectivity index (χ3n) is 4.96. The monoisotopic (exact) mass is 331 g/mol. The average Bonchev–Trinajstić information content (AvgIpc) is 2.63. The molecule has 24 heavy (non-hydrogen) atoms. The summed E-state index contributed by atoms with van der Waals surface area (Å²) in [7, 11) is 0. The maximum Gasteiger partial charge on any atom is 0.253 e. The van der Waals surface area contributed by atoms with Gasteiger partial charge in [-0.05, 0) is 37.1 Å². The van der Waals surface area contributed by atoms with Crippen LogP contribution in [0.1, 0.15) is 35.7 Å². The molecule has 2 aliphatic heterocycles. The number of carbonyl (C=O) groups excluding carboxylic acids is 1. The molecule has 132 valence electrons. The van der Waals surface area contributed by atoms with Gasteiger partial charge in [0.25, 0.3) is 5.91 Å². The van der Waals surface area contributed by atoms with Gasteiger partial charge in [0.2, 0.25) is 0 Å². The highest BCUT2D eigenvalue weighted by atomic mass is 16.5. The van der Waals surface area contributed by atoms with Crippen LogP contribution in [0.15, 0.2) is 24.3 Å². The van der Waals surface area contributed by atoms with Crippen LogP contribution in [0, 0.1) is 0 Å². The standard InChI is InChI=1S/C19H29N3O2/c1-2-20-18-6-8-22(9-7-18)19(23)17-5-3-4-16(14-17)15-21-10-12-24-13-11-21/h3-5,14,18,20H,2,6-13,15H2,1H3. The predicted molar refractivity (Wildman–Crippen MR) is 95.1 cm³/mol. The Balaban J connectivity index is 1.58. The Morgan fingerprint density at radius 1 is 1.21 bits per heavy atom. The number of likely N-dealkylation sites (tertiary alicyclic amines) is 1. The zero-order valence-electron chi connectivity index (χ0n) is 14.7. The fourth-order valence-corrected chi connectivity index (χ4v) is 3.58. The molecule has 0 aliphatic carbocycles. The van der Waals surface area contributed by atoms with Crippen LogP contribution >= 0.6 is 0 Å². The molecule has 1 N–H and O–H groups in total. The summed E-state index contributed by atoms with van der Waals surface area (Å²) in [6, 6.07) is 8.69. The van der Waals surface area contributed by atoms with Gasteiger partial charge in [-0.2, -0.15) is 0 Å². The molecule has 1 amide bonds. The maximum absolute atomic E-state index is 12.8. The molecule has 0 radical (unpaired) electrons. The number of nitrogens with zero attached hydrogens (tertiary/aromatic N) is 2. The van der Waals surface area contributed by atoms with E-state index in [2.05, 4.69) is 29.3 Å². The second kappa shape index (κ2) is 8.60. The minimum Gasteiger partial charge on any atom is -0.379 e. The highest BCUT2D eigenvalue weighted by Crippen LogP contribution is 2.16. The molecule has 2 aliphatic rings. The first-order valence-corrected chi connectivity index (χ1v) is 9.18. The van der Waals surface area contributed by atoms with E-state index in [-0.39, 0.29) is 5.91 Å². The van der Waals surface area contributed by atoms with Crippen molar-refractivity contribution >= 4 is 5.91 Å². The summed E-state index contributed by atoms with van der Waals surface area (Å²) in [5.41, 5.74) is 2.04. The molecular weight excluding hydrogens is 302 g/mol. The van der Waals surface area contributed by atoms with Gasteiger partial charge in [-0.3, -0.25) is 9.69 Å². The summed E-state index contributed by atoms with van der Waals surface area (Å²) in [5, 5.41) is 3.48. The summed E-state index contributed by atoms with van der Waals surface area (Å²) in [6.07, 6.45) is 2.10. The largest absolute Gasteiger partial charge is 0.379 e. The Kier molecular flexibility index (Phi) is 6.24. The van der Waals surface area contributed by atoms with E-state index in [4.69, 9.17) is 4.74 Å². The van der Waals surface area contributed by atoms with Crippen molar-refractivity contribution in [2.75, 3.05) is 45.9 Å². The third kappa shape index (κ3) is 4.56. The Bertz CT molecular complexity index is 535.